The number of allylic oxidation sites excluding steroid dienone is 2. The fourth-order valence-electron chi connectivity index (χ4n) is 4.69. The summed E-state index contributed by atoms with van der Waals surface area (Å²) in [6.45, 7) is 5.45. The van der Waals surface area contributed by atoms with Crippen molar-refractivity contribution in [3.05, 3.63) is 63.7 Å². The smallest absolute Gasteiger partial charge is 0.142 e. The number of nitrogens with zero attached hydrogens (tertiary/aromatic N) is 2. The molecular formula is C29H36ClF2N3O2. The molecule has 2 N–H and O–H groups in total. The fourth-order valence-corrected chi connectivity index (χ4v) is 4.98. The van der Waals surface area contributed by atoms with E-state index in [0.717, 1.165) is 40.9 Å². The van der Waals surface area contributed by atoms with Crippen molar-refractivity contribution in [1.82, 2.24) is 9.97 Å². The van der Waals surface area contributed by atoms with Crippen molar-refractivity contribution < 1.29 is 18.6 Å². The molecule has 8 heteroatoms. The molecule has 0 bridgehead atoms. The van der Waals surface area contributed by atoms with E-state index in [0.29, 0.717) is 17.0 Å². The third-order valence-electron chi connectivity index (χ3n) is 6.85. The van der Waals surface area contributed by atoms with Gasteiger partial charge in [0.2, 0.25) is 0 Å². The second kappa shape index (κ2) is 13.2. The van der Waals surface area contributed by atoms with Crippen LogP contribution in [0.4, 0.5) is 8.78 Å². The molecular weight excluding hydrogens is 496 g/mol. The number of ether oxygens (including phenoxy) is 1. The number of rotatable bonds is 6. The van der Waals surface area contributed by atoms with E-state index < -0.39 is 18.4 Å². The van der Waals surface area contributed by atoms with Gasteiger partial charge in [-0.05, 0) is 74.8 Å². The molecule has 200 valence electrons. The molecule has 2 heterocycles. The monoisotopic (exact) mass is 531 g/mol. The summed E-state index contributed by atoms with van der Waals surface area (Å²) < 4.78 is 33.7. The Morgan fingerprint density at radius 3 is 2.57 bits per heavy atom. The summed E-state index contributed by atoms with van der Waals surface area (Å²) in [7, 11) is 3.15. The number of nitrogens with one attached hydrogen (secondary N) is 1. The molecule has 1 fully saturated rings. The first-order chi connectivity index (χ1) is 17.7. The molecule has 5 nitrogen and oxygen atoms in total. The number of aromatic amines is 1. The minimum absolute atomic E-state index is 0.0196. The van der Waals surface area contributed by atoms with Gasteiger partial charge in [-0.15, -0.1) is 0 Å². The van der Waals surface area contributed by atoms with Crippen LogP contribution < -0.4 is 4.74 Å². The molecule has 1 aliphatic rings. The third kappa shape index (κ3) is 6.76. The number of aliphatic hydroxyl groups excluding tert-OH is 1. The lowest BCUT2D eigenvalue weighted by molar-refractivity contribution is 0.112. The van der Waals surface area contributed by atoms with Gasteiger partial charge in [-0.1, -0.05) is 24.1 Å². The van der Waals surface area contributed by atoms with Gasteiger partial charge < -0.3 is 14.8 Å². The second-order valence-electron chi connectivity index (χ2n) is 9.76. The van der Waals surface area contributed by atoms with Gasteiger partial charge in [0.15, 0.2) is 0 Å². The maximum Gasteiger partial charge on any atom is 0.142 e. The van der Waals surface area contributed by atoms with Crippen LogP contribution in [-0.4, -0.2) is 48.2 Å². The number of hydrogen-bond donors (Lipinski definition) is 2. The van der Waals surface area contributed by atoms with Gasteiger partial charge >= 0.3 is 0 Å². The molecule has 1 aliphatic carbocycles. The van der Waals surface area contributed by atoms with E-state index in [-0.39, 0.29) is 16.7 Å². The molecule has 0 amide bonds. The van der Waals surface area contributed by atoms with Crippen molar-refractivity contribution in [2.75, 3.05) is 20.8 Å². The van der Waals surface area contributed by atoms with Crippen LogP contribution in [0.15, 0.2) is 41.2 Å². The lowest BCUT2D eigenvalue weighted by atomic mass is 9.89. The number of alkyl halides is 1. The van der Waals surface area contributed by atoms with Crippen molar-refractivity contribution in [2.24, 2.45) is 10.9 Å². The minimum atomic E-state index is -0.811. The van der Waals surface area contributed by atoms with E-state index >= 15 is 0 Å². The van der Waals surface area contributed by atoms with E-state index in [1.54, 1.807) is 25.7 Å². The summed E-state index contributed by atoms with van der Waals surface area (Å²) in [5.41, 5.74) is 4.39. The first-order valence-corrected chi connectivity index (χ1v) is 12.9. The quantitative estimate of drug-likeness (QED) is 0.323. The number of H-pyrrole nitrogens is 1. The number of methoxy groups -OCH3 is 1. The number of aliphatic imine (C=N–C) groups is 1. The average Bonchev–Trinajstić information content (AvgIpc) is 3.30. The number of pyridine rings is 1. The summed E-state index contributed by atoms with van der Waals surface area (Å²) in [6, 6.07) is 4.59. The molecule has 2 aromatic heterocycles. The molecule has 0 spiro atoms. The van der Waals surface area contributed by atoms with Crippen LogP contribution in [0.1, 0.15) is 69.1 Å². The van der Waals surface area contributed by atoms with E-state index in [2.05, 4.69) is 21.9 Å². The van der Waals surface area contributed by atoms with Crippen LogP contribution in [0.5, 0.6) is 5.75 Å². The highest BCUT2D eigenvalue weighted by Crippen LogP contribution is 2.41. The Balaban J connectivity index is 0.000000405. The molecule has 1 unspecified atom stereocenters. The number of halogens is 3. The molecule has 0 radical (unpaired) electrons. The van der Waals surface area contributed by atoms with Gasteiger partial charge in [-0.2, -0.15) is 0 Å². The Bertz CT molecular complexity index is 1250. The van der Waals surface area contributed by atoms with Gasteiger partial charge in [-0.25, -0.2) is 9.37 Å². The van der Waals surface area contributed by atoms with Crippen LogP contribution in [0.2, 0.25) is 5.02 Å². The summed E-state index contributed by atoms with van der Waals surface area (Å²) >= 11 is 6.21. The maximum absolute atomic E-state index is 14.3. The Morgan fingerprint density at radius 1 is 1.30 bits per heavy atom. The number of aliphatic hydroxyl groups is 1. The van der Waals surface area contributed by atoms with E-state index in [9.17, 15) is 8.78 Å². The van der Waals surface area contributed by atoms with Gasteiger partial charge in [-0.3, -0.25) is 9.38 Å². The molecule has 37 heavy (non-hydrogen) atoms. The Labute approximate surface area is 222 Å². The highest BCUT2D eigenvalue weighted by molar-refractivity contribution is 6.31. The third-order valence-corrected chi connectivity index (χ3v) is 7.23. The fraction of sp³-hybridized carbons (Fsp3) is 0.448. The first kappa shape index (κ1) is 28.8. The Morgan fingerprint density at radius 2 is 2.00 bits per heavy atom. The lowest BCUT2D eigenvalue weighted by Gasteiger charge is -2.21. The number of fused-ring (bicyclic) bond motifs is 1. The molecule has 1 atom stereocenters. The molecule has 1 saturated carbocycles. The summed E-state index contributed by atoms with van der Waals surface area (Å²) in [5, 5.41) is 9.61. The SMILES string of the molecule is CC1CCC(O)CC1.CN=CC(=C(C)C)c1cnc2[nH]cc(C(CF)c3c(OC)ccc(F)c3Cl)c2c1. The first-order valence-electron chi connectivity index (χ1n) is 12.5. The van der Waals surface area contributed by atoms with Gasteiger partial charge in [0, 0.05) is 48.1 Å². The zero-order valence-electron chi connectivity index (χ0n) is 22.1. The van der Waals surface area contributed by atoms with Crippen molar-refractivity contribution >= 4 is 34.4 Å². The molecule has 0 aliphatic heterocycles. The zero-order valence-corrected chi connectivity index (χ0v) is 22.9. The van der Waals surface area contributed by atoms with E-state index in [1.165, 1.54) is 32.1 Å². The lowest BCUT2D eigenvalue weighted by Crippen LogP contribution is -2.15. The van der Waals surface area contributed by atoms with E-state index in [4.69, 9.17) is 21.4 Å². The summed E-state index contributed by atoms with van der Waals surface area (Å²) in [4.78, 5) is 11.6. The van der Waals surface area contributed by atoms with Crippen molar-refractivity contribution in [3.63, 3.8) is 0 Å². The van der Waals surface area contributed by atoms with Crippen molar-refractivity contribution in [3.8, 4) is 5.75 Å². The average molecular weight is 532 g/mol. The van der Waals surface area contributed by atoms with Gasteiger partial charge in [0.25, 0.3) is 0 Å². The summed E-state index contributed by atoms with van der Waals surface area (Å²) in [6.07, 6.45) is 9.72. The maximum atomic E-state index is 14.3. The molecule has 4 rings (SSSR count). The van der Waals surface area contributed by atoms with Crippen LogP contribution in [0.3, 0.4) is 0 Å². The summed E-state index contributed by atoms with van der Waals surface area (Å²) in [5.74, 6) is -0.237. The second-order valence-corrected chi connectivity index (χ2v) is 10.1. The van der Waals surface area contributed by atoms with Crippen LogP contribution >= 0.6 is 11.6 Å². The predicted molar refractivity (Wildman–Crippen MR) is 148 cm³/mol. The van der Waals surface area contributed by atoms with Crippen LogP contribution in [0.25, 0.3) is 16.6 Å². The number of aromatic nitrogens is 2. The minimum Gasteiger partial charge on any atom is -0.496 e. The van der Waals surface area contributed by atoms with E-state index in [1.807, 2.05) is 19.9 Å². The zero-order chi connectivity index (χ0) is 27.1. The normalized spacial score (nSPS) is 18.4. The number of benzene rings is 1. The molecule has 1 aromatic carbocycles. The van der Waals surface area contributed by atoms with Gasteiger partial charge in [0.1, 0.15) is 23.9 Å². The standard InChI is InChI=1S/C22H22ClF2N3O.C7H14O/c1-12(2)16(10-26-3)13-7-14-17(11-28-22(14)27-9-13)15(8-24)20-19(29-4)6-5-18(25)21(20)23;1-6-2-4-7(8)5-3-6/h5-7,9-11,15H,8H2,1-4H3,(H,27,28);6-8H,2-5H2,1H3. The van der Waals surface area contributed by atoms with Crippen LogP contribution in [0, 0.1) is 11.7 Å². The largest absolute Gasteiger partial charge is 0.496 e. The van der Waals surface area contributed by atoms with Crippen molar-refractivity contribution in [2.45, 2.75) is 58.5 Å². The van der Waals surface area contributed by atoms with Crippen LogP contribution in [-0.2, 0) is 0 Å². The molecule has 3 aromatic rings. The highest BCUT2D eigenvalue weighted by Gasteiger charge is 2.26. The van der Waals surface area contributed by atoms with Gasteiger partial charge in [0.05, 0.1) is 18.2 Å². The molecule has 0 saturated heterocycles. The Hall–Kier alpha value is -2.77. The topological polar surface area (TPSA) is 70.5 Å². The number of hydrogen-bond acceptors (Lipinski definition) is 4. The predicted octanol–water partition coefficient (Wildman–Crippen LogP) is 7.52. The highest BCUT2D eigenvalue weighted by atomic mass is 35.5. The Kier molecular flexibility index (Phi) is 10.2. The van der Waals surface area contributed by atoms with Crippen molar-refractivity contribution in [1.29, 1.82) is 0 Å².